The number of nitrogens with zero attached hydrogens (tertiary/aromatic N) is 3. The number of likely N-dealkylation sites (tertiary alicyclic amines) is 1. The summed E-state index contributed by atoms with van der Waals surface area (Å²) in [4.78, 5) is 28.9. The molecule has 2 heterocycles. The number of hydrogen-bond acceptors (Lipinski definition) is 5. The van der Waals surface area contributed by atoms with Crippen LogP contribution in [0.2, 0.25) is 0 Å². The molecule has 2 aliphatic rings. The van der Waals surface area contributed by atoms with Crippen molar-refractivity contribution in [3.63, 3.8) is 0 Å². The highest BCUT2D eigenvalue weighted by Gasteiger charge is 2.39. The van der Waals surface area contributed by atoms with Crippen LogP contribution in [0.4, 0.5) is 16.2 Å². The van der Waals surface area contributed by atoms with Gasteiger partial charge in [0.1, 0.15) is 5.60 Å². The van der Waals surface area contributed by atoms with Crippen molar-refractivity contribution < 1.29 is 14.3 Å². The summed E-state index contributed by atoms with van der Waals surface area (Å²) in [5, 5.41) is 12.8. The molecule has 0 unspecified atom stereocenters. The topological polar surface area (TPSA) is 85.7 Å². The molecule has 196 valence electrons. The highest BCUT2D eigenvalue weighted by Crippen LogP contribution is 2.44. The normalized spacial score (nSPS) is 22.1. The molecule has 0 saturated carbocycles. The van der Waals surface area contributed by atoms with E-state index in [0.717, 1.165) is 29.8 Å². The Bertz CT molecular complexity index is 1190. The second kappa shape index (κ2) is 10.5. The molecule has 0 aromatic heterocycles. The third kappa shape index (κ3) is 5.74. The maximum absolute atomic E-state index is 12.7. The first-order valence-electron chi connectivity index (χ1n) is 13.2. The standard InChI is InChI=1S/C30H38N4O3/c1-19-20(2)34(21(3)35)27-12-9-24(23-13-15-33(16-14-23)29(36)37-30(4,5)6)17-26(27)28(19)32-25-10-7-22(18-31)8-11-25/h7-12,17,19-20,23,28,32H,13-16H2,1-6H3/t19-,20-,28+/m0/s1. The van der Waals surface area contributed by atoms with E-state index in [0.29, 0.717) is 24.6 Å². The van der Waals surface area contributed by atoms with E-state index in [-0.39, 0.29) is 30.0 Å². The molecule has 0 bridgehead atoms. The number of benzene rings is 2. The molecule has 7 heteroatoms. The summed E-state index contributed by atoms with van der Waals surface area (Å²) in [5.41, 5.74) is 4.36. The van der Waals surface area contributed by atoms with Crippen LogP contribution in [-0.4, -0.2) is 41.6 Å². The van der Waals surface area contributed by atoms with Crippen LogP contribution >= 0.6 is 0 Å². The van der Waals surface area contributed by atoms with Crippen molar-refractivity contribution in [2.45, 2.75) is 78.0 Å². The summed E-state index contributed by atoms with van der Waals surface area (Å²) in [6.07, 6.45) is 1.49. The highest BCUT2D eigenvalue weighted by atomic mass is 16.6. The van der Waals surface area contributed by atoms with E-state index in [2.05, 4.69) is 43.4 Å². The molecule has 4 rings (SSSR count). The van der Waals surface area contributed by atoms with Crippen molar-refractivity contribution in [2.24, 2.45) is 5.92 Å². The fourth-order valence-corrected chi connectivity index (χ4v) is 5.52. The third-order valence-electron chi connectivity index (χ3n) is 7.63. The Morgan fingerprint density at radius 2 is 1.70 bits per heavy atom. The van der Waals surface area contributed by atoms with Crippen molar-refractivity contribution in [3.8, 4) is 6.07 Å². The number of nitriles is 1. The van der Waals surface area contributed by atoms with Crippen LogP contribution in [0.3, 0.4) is 0 Å². The molecule has 1 saturated heterocycles. The van der Waals surface area contributed by atoms with E-state index in [9.17, 15) is 9.59 Å². The molecule has 37 heavy (non-hydrogen) atoms. The van der Waals surface area contributed by atoms with Gasteiger partial charge >= 0.3 is 6.09 Å². The summed E-state index contributed by atoms with van der Waals surface area (Å²) in [6, 6.07) is 16.2. The monoisotopic (exact) mass is 502 g/mol. The van der Waals surface area contributed by atoms with Crippen molar-refractivity contribution in [3.05, 3.63) is 59.2 Å². The first-order chi connectivity index (χ1) is 17.5. The SMILES string of the molecule is CC(=O)N1c2ccc(C3CCN(C(=O)OC(C)(C)C)CC3)cc2[C@H](Nc2ccc(C#N)cc2)[C@@H](C)[C@@H]1C. The molecule has 0 spiro atoms. The summed E-state index contributed by atoms with van der Waals surface area (Å²) in [7, 11) is 0. The smallest absolute Gasteiger partial charge is 0.410 e. The van der Waals surface area contributed by atoms with Gasteiger partial charge in [-0.25, -0.2) is 4.79 Å². The summed E-state index contributed by atoms with van der Waals surface area (Å²) >= 11 is 0. The Balaban J connectivity index is 1.60. The number of nitrogens with one attached hydrogen (secondary N) is 1. The van der Waals surface area contributed by atoms with Gasteiger partial charge in [-0.3, -0.25) is 4.79 Å². The third-order valence-corrected chi connectivity index (χ3v) is 7.63. The van der Waals surface area contributed by atoms with E-state index >= 15 is 0 Å². The number of carbonyl (C=O) groups is 2. The van der Waals surface area contributed by atoms with Gasteiger partial charge in [-0.1, -0.05) is 19.1 Å². The van der Waals surface area contributed by atoms with E-state index in [1.807, 2.05) is 49.9 Å². The summed E-state index contributed by atoms with van der Waals surface area (Å²) < 4.78 is 5.56. The average molecular weight is 503 g/mol. The van der Waals surface area contributed by atoms with Gasteiger partial charge in [-0.05, 0) is 87.9 Å². The van der Waals surface area contributed by atoms with Crippen LogP contribution in [0.25, 0.3) is 0 Å². The molecule has 7 nitrogen and oxygen atoms in total. The first-order valence-corrected chi connectivity index (χ1v) is 13.2. The fraction of sp³-hybridized carbons (Fsp3) is 0.500. The largest absolute Gasteiger partial charge is 0.444 e. The molecule has 2 aromatic carbocycles. The molecule has 2 aliphatic heterocycles. The predicted molar refractivity (Wildman–Crippen MR) is 146 cm³/mol. The predicted octanol–water partition coefficient (Wildman–Crippen LogP) is 6.22. The maximum Gasteiger partial charge on any atom is 0.410 e. The molecule has 0 aliphatic carbocycles. The Morgan fingerprint density at radius 3 is 2.27 bits per heavy atom. The van der Waals surface area contributed by atoms with E-state index in [4.69, 9.17) is 10.00 Å². The van der Waals surface area contributed by atoms with Crippen LogP contribution < -0.4 is 10.2 Å². The van der Waals surface area contributed by atoms with Gasteiger partial charge in [0.05, 0.1) is 17.7 Å². The summed E-state index contributed by atoms with van der Waals surface area (Å²) in [5.74, 6) is 0.534. The number of fused-ring (bicyclic) bond motifs is 1. The van der Waals surface area contributed by atoms with Crippen molar-refractivity contribution in [1.82, 2.24) is 4.90 Å². The molecule has 2 aromatic rings. The minimum Gasteiger partial charge on any atom is -0.444 e. The molecular formula is C30H38N4O3. The van der Waals surface area contributed by atoms with E-state index < -0.39 is 5.60 Å². The lowest BCUT2D eigenvalue weighted by atomic mass is 9.80. The maximum atomic E-state index is 12.7. The minimum atomic E-state index is -0.500. The van der Waals surface area contributed by atoms with Crippen molar-refractivity contribution >= 4 is 23.4 Å². The molecule has 3 atom stereocenters. The van der Waals surface area contributed by atoms with Crippen molar-refractivity contribution in [2.75, 3.05) is 23.3 Å². The Hall–Kier alpha value is -3.53. The number of anilines is 2. The molecule has 1 N–H and O–H groups in total. The number of hydrogen-bond donors (Lipinski definition) is 1. The van der Waals surface area contributed by atoms with Crippen LogP contribution in [-0.2, 0) is 9.53 Å². The molecular weight excluding hydrogens is 464 g/mol. The second-order valence-electron chi connectivity index (χ2n) is 11.4. The lowest BCUT2D eigenvalue weighted by Gasteiger charge is -2.44. The van der Waals surface area contributed by atoms with Gasteiger partial charge < -0.3 is 19.9 Å². The van der Waals surface area contributed by atoms with Gasteiger partial charge in [0.2, 0.25) is 5.91 Å². The molecule has 0 radical (unpaired) electrons. The Morgan fingerprint density at radius 1 is 1.05 bits per heavy atom. The van der Waals surface area contributed by atoms with Crippen LogP contribution in [0.1, 0.15) is 83.0 Å². The van der Waals surface area contributed by atoms with Gasteiger partial charge in [0.25, 0.3) is 0 Å². The average Bonchev–Trinajstić information content (AvgIpc) is 2.86. The van der Waals surface area contributed by atoms with Gasteiger partial charge in [0, 0.05) is 43.3 Å². The van der Waals surface area contributed by atoms with Crippen LogP contribution in [0, 0.1) is 17.2 Å². The van der Waals surface area contributed by atoms with Crippen LogP contribution in [0.5, 0.6) is 0 Å². The minimum absolute atomic E-state index is 0.00957. The van der Waals surface area contributed by atoms with Crippen LogP contribution in [0.15, 0.2) is 42.5 Å². The molecule has 2 amide bonds. The number of ether oxygens (including phenoxy) is 1. The van der Waals surface area contributed by atoms with Gasteiger partial charge in [-0.15, -0.1) is 0 Å². The number of rotatable bonds is 3. The lowest BCUT2D eigenvalue weighted by Crippen LogP contribution is -2.48. The quantitative estimate of drug-likeness (QED) is 0.539. The number of amides is 2. The van der Waals surface area contributed by atoms with E-state index in [1.165, 1.54) is 5.56 Å². The van der Waals surface area contributed by atoms with Crippen molar-refractivity contribution in [1.29, 1.82) is 5.26 Å². The lowest BCUT2D eigenvalue weighted by molar-refractivity contribution is -0.117. The highest BCUT2D eigenvalue weighted by molar-refractivity contribution is 5.94. The number of carbonyl (C=O) groups excluding carboxylic acids is 2. The van der Waals surface area contributed by atoms with Gasteiger partial charge in [-0.2, -0.15) is 5.26 Å². The zero-order chi connectivity index (χ0) is 26.9. The second-order valence-corrected chi connectivity index (χ2v) is 11.4. The Kier molecular flexibility index (Phi) is 7.49. The Labute approximate surface area is 220 Å². The van der Waals surface area contributed by atoms with E-state index in [1.54, 1.807) is 11.8 Å². The first kappa shape index (κ1) is 26.5. The number of piperidine rings is 1. The zero-order valence-electron chi connectivity index (χ0n) is 22.7. The zero-order valence-corrected chi connectivity index (χ0v) is 22.7. The van der Waals surface area contributed by atoms with Gasteiger partial charge in [0.15, 0.2) is 0 Å². The summed E-state index contributed by atoms with van der Waals surface area (Å²) in [6.45, 7) is 12.9. The molecule has 1 fully saturated rings. The fourth-order valence-electron chi connectivity index (χ4n) is 5.52.